The van der Waals surface area contributed by atoms with Crippen LogP contribution in [0.25, 0.3) is 0 Å². The highest BCUT2D eigenvalue weighted by atomic mass is 127. The van der Waals surface area contributed by atoms with E-state index in [4.69, 9.17) is 4.74 Å². The number of hydrogen-bond acceptors (Lipinski definition) is 3. The summed E-state index contributed by atoms with van der Waals surface area (Å²) >= 11 is 2.19. The average molecular weight is 375 g/mol. The van der Waals surface area contributed by atoms with Crippen LogP contribution < -0.4 is 5.32 Å². The summed E-state index contributed by atoms with van der Waals surface area (Å²) in [5, 5.41) is 2.67. The molecule has 0 spiro atoms. The number of esters is 1. The summed E-state index contributed by atoms with van der Waals surface area (Å²) in [7, 11) is 0. The van der Waals surface area contributed by atoms with Crippen molar-refractivity contribution in [2.75, 3.05) is 11.9 Å². The SMILES string of the molecule is CC(C)(C)CC(=O)OCC(=O)Nc1ccc(I)cc1. The van der Waals surface area contributed by atoms with Gasteiger partial charge in [0.1, 0.15) is 0 Å². The molecule has 19 heavy (non-hydrogen) atoms. The molecule has 0 aliphatic rings. The fourth-order valence-corrected chi connectivity index (χ4v) is 1.72. The van der Waals surface area contributed by atoms with Crippen molar-refractivity contribution >= 4 is 40.2 Å². The zero-order chi connectivity index (χ0) is 14.5. The Morgan fingerprint density at radius 3 is 2.32 bits per heavy atom. The molecule has 5 heteroatoms. The smallest absolute Gasteiger partial charge is 0.306 e. The fraction of sp³-hybridized carbons (Fsp3) is 0.429. The van der Waals surface area contributed by atoms with Crippen LogP contribution in [0.3, 0.4) is 0 Å². The first-order chi connectivity index (χ1) is 8.76. The molecular formula is C14H18INO3. The van der Waals surface area contributed by atoms with Gasteiger partial charge >= 0.3 is 5.97 Å². The van der Waals surface area contributed by atoms with Crippen LogP contribution in [0.1, 0.15) is 27.2 Å². The van der Waals surface area contributed by atoms with E-state index >= 15 is 0 Å². The van der Waals surface area contributed by atoms with E-state index in [-0.39, 0.29) is 23.9 Å². The third-order valence-corrected chi connectivity index (χ3v) is 2.89. The van der Waals surface area contributed by atoms with Crippen molar-refractivity contribution in [2.24, 2.45) is 5.41 Å². The Bertz CT molecular complexity index is 449. The topological polar surface area (TPSA) is 55.4 Å². The number of anilines is 1. The van der Waals surface area contributed by atoms with E-state index in [0.717, 1.165) is 3.57 Å². The van der Waals surface area contributed by atoms with Gasteiger partial charge in [-0.3, -0.25) is 9.59 Å². The minimum absolute atomic E-state index is 0.135. The quantitative estimate of drug-likeness (QED) is 0.650. The molecule has 1 rings (SSSR count). The molecule has 0 saturated heterocycles. The van der Waals surface area contributed by atoms with Gasteiger partial charge in [-0.1, -0.05) is 20.8 Å². The summed E-state index contributed by atoms with van der Waals surface area (Å²) in [6, 6.07) is 7.39. The molecule has 0 unspecified atom stereocenters. The Hall–Kier alpha value is -1.11. The van der Waals surface area contributed by atoms with Gasteiger partial charge in [0, 0.05) is 9.26 Å². The maximum absolute atomic E-state index is 11.6. The zero-order valence-electron chi connectivity index (χ0n) is 11.3. The molecule has 104 valence electrons. The third-order valence-electron chi connectivity index (χ3n) is 2.17. The third kappa shape index (κ3) is 7.15. The van der Waals surface area contributed by atoms with Crippen molar-refractivity contribution in [2.45, 2.75) is 27.2 Å². The molecular weight excluding hydrogens is 357 g/mol. The molecule has 1 aromatic carbocycles. The van der Waals surface area contributed by atoms with E-state index in [9.17, 15) is 9.59 Å². The minimum Gasteiger partial charge on any atom is -0.456 e. The van der Waals surface area contributed by atoms with Crippen LogP contribution >= 0.6 is 22.6 Å². The highest BCUT2D eigenvalue weighted by molar-refractivity contribution is 14.1. The number of carbonyl (C=O) groups excluding carboxylic acids is 2. The second-order valence-corrected chi connectivity index (χ2v) is 6.70. The standard InChI is InChI=1S/C14H18INO3/c1-14(2,3)8-13(18)19-9-12(17)16-11-6-4-10(15)5-7-11/h4-7H,8-9H2,1-3H3,(H,16,17). The predicted molar refractivity (Wildman–Crippen MR) is 82.8 cm³/mol. The van der Waals surface area contributed by atoms with E-state index in [1.807, 2.05) is 32.9 Å². The second-order valence-electron chi connectivity index (χ2n) is 5.45. The molecule has 1 N–H and O–H groups in total. The van der Waals surface area contributed by atoms with Crippen molar-refractivity contribution in [3.8, 4) is 0 Å². The number of nitrogens with one attached hydrogen (secondary N) is 1. The zero-order valence-corrected chi connectivity index (χ0v) is 13.5. The van der Waals surface area contributed by atoms with E-state index in [2.05, 4.69) is 27.9 Å². The number of benzene rings is 1. The van der Waals surface area contributed by atoms with Gasteiger partial charge < -0.3 is 10.1 Å². The lowest BCUT2D eigenvalue weighted by Crippen LogP contribution is -2.23. The lowest BCUT2D eigenvalue weighted by molar-refractivity contribution is -0.149. The van der Waals surface area contributed by atoms with E-state index in [0.29, 0.717) is 12.1 Å². The number of rotatable bonds is 4. The number of hydrogen-bond donors (Lipinski definition) is 1. The van der Waals surface area contributed by atoms with Crippen molar-refractivity contribution in [1.82, 2.24) is 0 Å². The molecule has 0 radical (unpaired) electrons. The van der Waals surface area contributed by atoms with Crippen LogP contribution in [0.2, 0.25) is 0 Å². The van der Waals surface area contributed by atoms with Crippen LogP contribution in [0, 0.1) is 8.99 Å². The molecule has 1 aromatic rings. The Balaban J connectivity index is 2.36. The van der Waals surface area contributed by atoms with Crippen molar-refractivity contribution in [1.29, 1.82) is 0 Å². The average Bonchev–Trinajstić information content (AvgIpc) is 2.27. The monoisotopic (exact) mass is 375 g/mol. The van der Waals surface area contributed by atoms with Crippen molar-refractivity contribution in [3.05, 3.63) is 27.8 Å². The summed E-state index contributed by atoms with van der Waals surface area (Å²) in [5.74, 6) is -0.686. The summed E-state index contributed by atoms with van der Waals surface area (Å²) in [5.41, 5.74) is 0.557. The lowest BCUT2D eigenvalue weighted by atomic mass is 9.93. The van der Waals surface area contributed by atoms with Gasteiger partial charge in [-0.2, -0.15) is 0 Å². The molecule has 0 atom stereocenters. The van der Waals surface area contributed by atoms with Crippen LogP contribution in [0.5, 0.6) is 0 Å². The second kappa shape index (κ2) is 6.88. The first-order valence-electron chi connectivity index (χ1n) is 5.97. The number of halogens is 1. The van der Waals surface area contributed by atoms with Crippen LogP contribution in [-0.4, -0.2) is 18.5 Å². The Kier molecular flexibility index (Phi) is 5.78. The number of amides is 1. The Morgan fingerprint density at radius 1 is 1.21 bits per heavy atom. The van der Waals surface area contributed by atoms with Crippen molar-refractivity contribution in [3.63, 3.8) is 0 Å². The maximum atomic E-state index is 11.6. The van der Waals surface area contributed by atoms with Crippen LogP contribution in [-0.2, 0) is 14.3 Å². The summed E-state index contributed by atoms with van der Waals surface area (Å²) in [6.07, 6.45) is 0.295. The van der Waals surface area contributed by atoms with Gasteiger partial charge in [-0.15, -0.1) is 0 Å². The first kappa shape index (κ1) is 15.9. The maximum Gasteiger partial charge on any atom is 0.306 e. The first-order valence-corrected chi connectivity index (χ1v) is 7.05. The molecule has 0 aromatic heterocycles. The summed E-state index contributed by atoms with van der Waals surface area (Å²) in [6.45, 7) is 5.58. The highest BCUT2D eigenvalue weighted by Gasteiger charge is 2.17. The van der Waals surface area contributed by atoms with Gasteiger partial charge in [0.05, 0.1) is 6.42 Å². The summed E-state index contributed by atoms with van der Waals surface area (Å²) in [4.78, 5) is 23.0. The fourth-order valence-electron chi connectivity index (χ4n) is 1.36. The molecule has 0 bridgehead atoms. The molecule has 0 heterocycles. The highest BCUT2D eigenvalue weighted by Crippen LogP contribution is 2.18. The molecule has 1 amide bonds. The van der Waals surface area contributed by atoms with Gasteiger partial charge in [0.2, 0.25) is 0 Å². The molecule has 0 fully saturated rings. The summed E-state index contributed by atoms with van der Waals surface area (Å²) < 4.78 is 6.01. The van der Waals surface area contributed by atoms with Gasteiger partial charge in [-0.05, 0) is 52.3 Å². The molecule has 0 saturated carbocycles. The molecule has 0 aliphatic carbocycles. The van der Waals surface area contributed by atoms with E-state index in [1.54, 1.807) is 12.1 Å². The van der Waals surface area contributed by atoms with Gasteiger partial charge in [-0.25, -0.2) is 0 Å². The molecule has 4 nitrogen and oxygen atoms in total. The number of ether oxygens (including phenoxy) is 1. The molecule has 0 aliphatic heterocycles. The number of carbonyl (C=O) groups is 2. The van der Waals surface area contributed by atoms with Crippen LogP contribution in [0.15, 0.2) is 24.3 Å². The van der Waals surface area contributed by atoms with Gasteiger partial charge in [0.25, 0.3) is 5.91 Å². The Morgan fingerprint density at radius 2 is 1.79 bits per heavy atom. The predicted octanol–water partition coefficient (Wildman–Crippen LogP) is 3.21. The van der Waals surface area contributed by atoms with E-state index < -0.39 is 0 Å². The lowest BCUT2D eigenvalue weighted by Gasteiger charge is -2.16. The van der Waals surface area contributed by atoms with Crippen molar-refractivity contribution < 1.29 is 14.3 Å². The van der Waals surface area contributed by atoms with Crippen LogP contribution in [0.4, 0.5) is 5.69 Å². The van der Waals surface area contributed by atoms with E-state index in [1.165, 1.54) is 0 Å². The normalized spacial score (nSPS) is 10.9. The largest absolute Gasteiger partial charge is 0.456 e. The minimum atomic E-state index is -0.356. The Labute approximate surface area is 127 Å². The van der Waals surface area contributed by atoms with Gasteiger partial charge in [0.15, 0.2) is 6.61 Å².